The molecule has 1 atom stereocenters. The van der Waals surface area contributed by atoms with Crippen LogP contribution in [0.1, 0.15) is 12.5 Å². The number of carbonyl (C=O) groups excluding carboxylic acids is 1. The number of piperazine rings is 1. The van der Waals surface area contributed by atoms with Gasteiger partial charge in [0.25, 0.3) is 0 Å². The SMILES string of the molecule is C[C@@H](C(=O)NCc1ccccc1)N1CCN(c2ccc(Cl)cc2)CC1. The van der Waals surface area contributed by atoms with Crippen LogP contribution in [0.2, 0.25) is 5.02 Å². The lowest BCUT2D eigenvalue weighted by Crippen LogP contribution is -2.53. The summed E-state index contributed by atoms with van der Waals surface area (Å²) >= 11 is 5.95. The maximum Gasteiger partial charge on any atom is 0.237 e. The Morgan fingerprint density at radius 3 is 2.32 bits per heavy atom. The van der Waals surface area contributed by atoms with Crippen molar-refractivity contribution < 1.29 is 4.79 Å². The van der Waals surface area contributed by atoms with Crippen LogP contribution >= 0.6 is 11.6 Å². The molecule has 1 N–H and O–H groups in total. The van der Waals surface area contributed by atoms with E-state index in [2.05, 4.69) is 15.1 Å². The van der Waals surface area contributed by atoms with Gasteiger partial charge >= 0.3 is 0 Å². The van der Waals surface area contributed by atoms with E-state index in [0.717, 1.165) is 36.8 Å². The molecule has 3 rings (SSSR count). The molecule has 1 amide bonds. The molecule has 0 spiro atoms. The Labute approximate surface area is 154 Å². The number of halogens is 1. The molecular weight excluding hydrogens is 334 g/mol. The second-order valence-corrected chi connectivity index (χ2v) is 6.82. The molecule has 0 aliphatic carbocycles. The molecule has 0 unspecified atom stereocenters. The zero-order valence-electron chi connectivity index (χ0n) is 14.5. The number of rotatable bonds is 5. The maximum atomic E-state index is 12.4. The molecule has 1 aliphatic heterocycles. The van der Waals surface area contributed by atoms with E-state index in [4.69, 9.17) is 11.6 Å². The molecule has 2 aromatic carbocycles. The molecule has 0 saturated carbocycles. The summed E-state index contributed by atoms with van der Waals surface area (Å²) < 4.78 is 0. The van der Waals surface area contributed by atoms with Crippen LogP contribution in [0.15, 0.2) is 54.6 Å². The molecule has 1 saturated heterocycles. The summed E-state index contributed by atoms with van der Waals surface area (Å²) in [5.74, 6) is 0.0868. The molecular formula is C20H24ClN3O. The van der Waals surface area contributed by atoms with E-state index in [1.54, 1.807) is 0 Å². The zero-order chi connectivity index (χ0) is 17.6. The Morgan fingerprint density at radius 1 is 1.04 bits per heavy atom. The second-order valence-electron chi connectivity index (χ2n) is 6.38. The normalized spacial score (nSPS) is 16.5. The molecule has 0 radical (unpaired) electrons. The third kappa shape index (κ3) is 4.74. The summed E-state index contributed by atoms with van der Waals surface area (Å²) in [6.07, 6.45) is 0. The number of anilines is 1. The van der Waals surface area contributed by atoms with Crippen LogP contribution in [0.5, 0.6) is 0 Å². The van der Waals surface area contributed by atoms with Crippen LogP contribution < -0.4 is 10.2 Å². The summed E-state index contributed by atoms with van der Waals surface area (Å²) in [6.45, 7) is 6.15. The van der Waals surface area contributed by atoms with E-state index >= 15 is 0 Å². The third-order valence-corrected chi connectivity index (χ3v) is 4.99. The quantitative estimate of drug-likeness (QED) is 0.892. The number of carbonyl (C=O) groups is 1. The highest BCUT2D eigenvalue weighted by Gasteiger charge is 2.25. The number of hydrogen-bond donors (Lipinski definition) is 1. The number of hydrogen-bond acceptors (Lipinski definition) is 3. The van der Waals surface area contributed by atoms with Crippen molar-refractivity contribution in [1.82, 2.24) is 10.2 Å². The van der Waals surface area contributed by atoms with Crippen LogP contribution in [0.25, 0.3) is 0 Å². The number of nitrogens with one attached hydrogen (secondary N) is 1. The fourth-order valence-corrected chi connectivity index (χ4v) is 3.24. The zero-order valence-corrected chi connectivity index (χ0v) is 15.2. The van der Waals surface area contributed by atoms with Crippen molar-refractivity contribution in [2.45, 2.75) is 19.5 Å². The van der Waals surface area contributed by atoms with Gasteiger partial charge in [-0.25, -0.2) is 0 Å². The standard InChI is InChI=1S/C20H24ClN3O/c1-16(20(25)22-15-17-5-3-2-4-6-17)23-11-13-24(14-12-23)19-9-7-18(21)8-10-19/h2-10,16H,11-15H2,1H3,(H,22,25)/t16-/m0/s1. The van der Waals surface area contributed by atoms with Crippen molar-refractivity contribution in [2.75, 3.05) is 31.1 Å². The van der Waals surface area contributed by atoms with Crippen LogP contribution in [-0.4, -0.2) is 43.0 Å². The minimum atomic E-state index is -0.115. The Hall–Kier alpha value is -2.04. The molecule has 5 heteroatoms. The monoisotopic (exact) mass is 357 g/mol. The van der Waals surface area contributed by atoms with E-state index in [-0.39, 0.29) is 11.9 Å². The molecule has 1 heterocycles. The third-order valence-electron chi connectivity index (χ3n) is 4.74. The summed E-state index contributed by atoms with van der Waals surface area (Å²) in [5, 5.41) is 3.79. The van der Waals surface area contributed by atoms with Crippen molar-refractivity contribution in [3.8, 4) is 0 Å². The van der Waals surface area contributed by atoms with Crippen molar-refractivity contribution in [3.05, 3.63) is 65.2 Å². The van der Waals surface area contributed by atoms with Gasteiger partial charge in [0.15, 0.2) is 0 Å². The van der Waals surface area contributed by atoms with Gasteiger partial charge in [0.05, 0.1) is 6.04 Å². The van der Waals surface area contributed by atoms with Gasteiger partial charge in [-0.15, -0.1) is 0 Å². The van der Waals surface area contributed by atoms with E-state index < -0.39 is 0 Å². The van der Waals surface area contributed by atoms with E-state index in [1.807, 2.05) is 61.5 Å². The van der Waals surface area contributed by atoms with Gasteiger partial charge in [-0.3, -0.25) is 9.69 Å². The molecule has 25 heavy (non-hydrogen) atoms. The Morgan fingerprint density at radius 2 is 1.68 bits per heavy atom. The number of amides is 1. The van der Waals surface area contributed by atoms with Crippen LogP contribution in [0.3, 0.4) is 0 Å². The molecule has 1 aliphatic rings. The smallest absolute Gasteiger partial charge is 0.237 e. The molecule has 0 bridgehead atoms. The lowest BCUT2D eigenvalue weighted by Gasteiger charge is -2.38. The first-order chi connectivity index (χ1) is 12.1. The van der Waals surface area contributed by atoms with Gasteiger partial charge in [0.1, 0.15) is 0 Å². The summed E-state index contributed by atoms with van der Waals surface area (Å²) in [6, 6.07) is 17.8. The van der Waals surface area contributed by atoms with Crippen molar-refractivity contribution in [3.63, 3.8) is 0 Å². The average Bonchev–Trinajstić information content (AvgIpc) is 2.67. The molecule has 132 valence electrons. The van der Waals surface area contributed by atoms with Crippen LogP contribution in [0.4, 0.5) is 5.69 Å². The molecule has 1 fully saturated rings. The van der Waals surface area contributed by atoms with Crippen LogP contribution in [-0.2, 0) is 11.3 Å². The minimum Gasteiger partial charge on any atom is -0.369 e. The molecule has 4 nitrogen and oxygen atoms in total. The Balaban J connectivity index is 1.48. The lowest BCUT2D eigenvalue weighted by molar-refractivity contribution is -0.126. The van der Waals surface area contributed by atoms with E-state index in [9.17, 15) is 4.79 Å². The largest absolute Gasteiger partial charge is 0.369 e. The predicted molar refractivity (Wildman–Crippen MR) is 103 cm³/mol. The molecule has 0 aromatic heterocycles. The van der Waals surface area contributed by atoms with Crippen molar-refractivity contribution in [1.29, 1.82) is 0 Å². The number of nitrogens with zero attached hydrogens (tertiary/aromatic N) is 2. The Bertz CT molecular complexity index is 682. The van der Waals surface area contributed by atoms with Gasteiger partial charge in [-0.2, -0.15) is 0 Å². The summed E-state index contributed by atoms with van der Waals surface area (Å²) in [5.41, 5.74) is 2.31. The topological polar surface area (TPSA) is 35.6 Å². The highest BCUT2D eigenvalue weighted by atomic mass is 35.5. The first-order valence-electron chi connectivity index (χ1n) is 8.70. The first kappa shape index (κ1) is 17.8. The number of benzene rings is 2. The average molecular weight is 358 g/mol. The van der Waals surface area contributed by atoms with Gasteiger partial charge in [0.2, 0.25) is 5.91 Å². The van der Waals surface area contributed by atoms with Gasteiger partial charge in [-0.05, 0) is 36.8 Å². The predicted octanol–water partition coefficient (Wildman–Crippen LogP) is 3.17. The van der Waals surface area contributed by atoms with Crippen molar-refractivity contribution >= 4 is 23.2 Å². The first-order valence-corrected chi connectivity index (χ1v) is 9.07. The van der Waals surface area contributed by atoms with E-state index in [0.29, 0.717) is 6.54 Å². The lowest BCUT2D eigenvalue weighted by atomic mass is 10.2. The Kier molecular flexibility index (Phi) is 5.95. The summed E-state index contributed by atoms with van der Waals surface area (Å²) in [7, 11) is 0. The fraction of sp³-hybridized carbons (Fsp3) is 0.350. The minimum absolute atomic E-state index is 0.0868. The summed E-state index contributed by atoms with van der Waals surface area (Å²) in [4.78, 5) is 17.0. The van der Waals surface area contributed by atoms with Crippen LogP contribution in [0, 0.1) is 0 Å². The second kappa shape index (κ2) is 8.37. The van der Waals surface area contributed by atoms with Gasteiger partial charge < -0.3 is 10.2 Å². The van der Waals surface area contributed by atoms with Gasteiger partial charge in [0, 0.05) is 43.4 Å². The highest BCUT2D eigenvalue weighted by molar-refractivity contribution is 6.30. The van der Waals surface area contributed by atoms with Crippen molar-refractivity contribution in [2.24, 2.45) is 0 Å². The highest BCUT2D eigenvalue weighted by Crippen LogP contribution is 2.20. The molecule has 2 aromatic rings. The van der Waals surface area contributed by atoms with Gasteiger partial charge in [-0.1, -0.05) is 41.9 Å². The fourth-order valence-electron chi connectivity index (χ4n) is 3.12. The maximum absolute atomic E-state index is 12.4. The van der Waals surface area contributed by atoms with E-state index in [1.165, 1.54) is 5.69 Å².